The Morgan fingerprint density at radius 1 is 1.44 bits per heavy atom. The van der Waals surface area contributed by atoms with Crippen molar-refractivity contribution in [3.05, 3.63) is 18.7 Å². The normalized spacial score (nSPS) is 10.1. The summed E-state index contributed by atoms with van der Waals surface area (Å²) >= 11 is 0. The second-order valence-electron chi connectivity index (χ2n) is 3.17. The SMILES string of the molecule is COc1c(N)ncnc1Nc1cnn(C)c1. The fourth-order valence-electron chi connectivity index (χ4n) is 1.30. The van der Waals surface area contributed by atoms with Gasteiger partial charge < -0.3 is 15.8 Å². The highest BCUT2D eigenvalue weighted by atomic mass is 16.5. The van der Waals surface area contributed by atoms with Gasteiger partial charge in [0.05, 0.1) is 19.0 Å². The predicted octanol–water partition coefficient (Wildman–Crippen LogP) is 0.544. The van der Waals surface area contributed by atoms with Gasteiger partial charge in [0.15, 0.2) is 11.6 Å². The lowest BCUT2D eigenvalue weighted by Crippen LogP contribution is -2.02. The van der Waals surface area contributed by atoms with Crippen LogP contribution in [0.2, 0.25) is 0 Å². The molecular weight excluding hydrogens is 208 g/mol. The fraction of sp³-hybridized carbons (Fsp3) is 0.222. The summed E-state index contributed by atoms with van der Waals surface area (Å²) in [4.78, 5) is 7.89. The Kier molecular flexibility index (Phi) is 2.59. The van der Waals surface area contributed by atoms with Crippen LogP contribution in [0.25, 0.3) is 0 Å². The lowest BCUT2D eigenvalue weighted by Gasteiger charge is -2.09. The van der Waals surface area contributed by atoms with E-state index in [0.29, 0.717) is 17.4 Å². The molecular formula is C9H12N6O. The van der Waals surface area contributed by atoms with Crippen LogP contribution in [0, 0.1) is 0 Å². The molecule has 0 aliphatic carbocycles. The average molecular weight is 220 g/mol. The topological polar surface area (TPSA) is 90.9 Å². The van der Waals surface area contributed by atoms with Gasteiger partial charge in [-0.2, -0.15) is 5.10 Å². The van der Waals surface area contributed by atoms with Crippen molar-refractivity contribution < 1.29 is 4.74 Å². The predicted molar refractivity (Wildman–Crippen MR) is 59.5 cm³/mol. The van der Waals surface area contributed by atoms with E-state index >= 15 is 0 Å². The van der Waals surface area contributed by atoms with E-state index in [1.165, 1.54) is 13.4 Å². The van der Waals surface area contributed by atoms with Crippen LogP contribution < -0.4 is 15.8 Å². The lowest BCUT2D eigenvalue weighted by molar-refractivity contribution is 0.415. The number of aromatic nitrogens is 4. The molecule has 2 rings (SSSR count). The monoisotopic (exact) mass is 220 g/mol. The number of nitrogens with zero attached hydrogens (tertiary/aromatic N) is 4. The van der Waals surface area contributed by atoms with Crippen molar-refractivity contribution in [1.82, 2.24) is 19.7 Å². The molecule has 0 amide bonds. The van der Waals surface area contributed by atoms with E-state index in [-0.39, 0.29) is 0 Å². The molecule has 3 N–H and O–H groups in total. The molecule has 16 heavy (non-hydrogen) atoms. The van der Waals surface area contributed by atoms with E-state index in [4.69, 9.17) is 10.5 Å². The Hall–Kier alpha value is -2.31. The Balaban J connectivity index is 2.30. The van der Waals surface area contributed by atoms with Crippen LogP contribution in [0.15, 0.2) is 18.7 Å². The van der Waals surface area contributed by atoms with Crippen molar-refractivity contribution in [2.75, 3.05) is 18.2 Å². The van der Waals surface area contributed by atoms with Crippen LogP contribution in [0.1, 0.15) is 0 Å². The zero-order valence-electron chi connectivity index (χ0n) is 9.01. The van der Waals surface area contributed by atoms with E-state index in [1.807, 2.05) is 13.2 Å². The molecule has 0 unspecified atom stereocenters. The Labute approximate surface area is 92.3 Å². The molecule has 84 valence electrons. The molecule has 0 saturated carbocycles. The molecule has 0 aliphatic rings. The van der Waals surface area contributed by atoms with E-state index in [9.17, 15) is 0 Å². The summed E-state index contributed by atoms with van der Waals surface area (Å²) < 4.78 is 6.80. The number of nitrogens with one attached hydrogen (secondary N) is 1. The zero-order valence-corrected chi connectivity index (χ0v) is 9.01. The molecule has 2 heterocycles. The molecule has 7 heteroatoms. The van der Waals surface area contributed by atoms with Gasteiger partial charge in [-0.3, -0.25) is 4.68 Å². The highest BCUT2D eigenvalue weighted by Crippen LogP contribution is 2.28. The van der Waals surface area contributed by atoms with E-state index in [1.54, 1.807) is 10.9 Å². The molecule has 0 radical (unpaired) electrons. The largest absolute Gasteiger partial charge is 0.490 e. The number of ether oxygens (including phenoxy) is 1. The summed E-state index contributed by atoms with van der Waals surface area (Å²) in [5, 5.41) is 7.08. The first kappa shape index (κ1) is 10.2. The van der Waals surface area contributed by atoms with Crippen molar-refractivity contribution in [2.45, 2.75) is 0 Å². The van der Waals surface area contributed by atoms with Crippen LogP contribution in [0.3, 0.4) is 0 Å². The number of nitrogen functional groups attached to an aromatic ring is 1. The van der Waals surface area contributed by atoms with Gasteiger partial charge in [0.1, 0.15) is 6.33 Å². The third kappa shape index (κ3) is 1.88. The number of hydrogen-bond acceptors (Lipinski definition) is 6. The minimum atomic E-state index is 0.295. The first-order valence-corrected chi connectivity index (χ1v) is 4.61. The molecule has 0 bridgehead atoms. The Bertz CT molecular complexity index is 494. The first-order chi connectivity index (χ1) is 7.70. The average Bonchev–Trinajstić information content (AvgIpc) is 2.64. The number of nitrogens with two attached hydrogens (primary N) is 1. The summed E-state index contributed by atoms with van der Waals surface area (Å²) in [5.41, 5.74) is 6.46. The minimum Gasteiger partial charge on any atom is -0.490 e. The highest BCUT2D eigenvalue weighted by Gasteiger charge is 2.09. The lowest BCUT2D eigenvalue weighted by atomic mass is 10.4. The summed E-state index contributed by atoms with van der Waals surface area (Å²) in [6.45, 7) is 0. The number of hydrogen-bond donors (Lipinski definition) is 2. The van der Waals surface area contributed by atoms with Gasteiger partial charge in [0, 0.05) is 13.2 Å². The van der Waals surface area contributed by atoms with Crippen LogP contribution in [0.5, 0.6) is 5.75 Å². The van der Waals surface area contributed by atoms with Gasteiger partial charge in [-0.15, -0.1) is 0 Å². The summed E-state index contributed by atoms with van der Waals surface area (Å²) in [7, 11) is 3.35. The quantitative estimate of drug-likeness (QED) is 0.784. The summed E-state index contributed by atoms with van der Waals surface area (Å²) in [6.07, 6.45) is 4.87. The Morgan fingerprint density at radius 2 is 2.25 bits per heavy atom. The van der Waals surface area contributed by atoms with Crippen molar-refractivity contribution in [2.24, 2.45) is 7.05 Å². The maximum atomic E-state index is 5.65. The molecule has 0 aliphatic heterocycles. The maximum absolute atomic E-state index is 5.65. The summed E-state index contributed by atoms with van der Waals surface area (Å²) in [5.74, 6) is 1.23. The molecule has 2 aromatic heterocycles. The third-order valence-electron chi connectivity index (χ3n) is 2.00. The molecule has 7 nitrogen and oxygen atoms in total. The van der Waals surface area contributed by atoms with Gasteiger partial charge >= 0.3 is 0 Å². The number of aryl methyl sites for hydroxylation is 1. The summed E-state index contributed by atoms with van der Waals surface area (Å²) in [6, 6.07) is 0. The van der Waals surface area contributed by atoms with Gasteiger partial charge in [0.2, 0.25) is 5.75 Å². The molecule has 0 saturated heterocycles. The third-order valence-corrected chi connectivity index (χ3v) is 2.00. The number of methoxy groups -OCH3 is 1. The highest BCUT2D eigenvalue weighted by molar-refractivity contribution is 5.67. The van der Waals surface area contributed by atoms with Gasteiger partial charge in [-0.25, -0.2) is 9.97 Å². The van der Waals surface area contributed by atoms with Gasteiger partial charge in [0.25, 0.3) is 0 Å². The van der Waals surface area contributed by atoms with Crippen molar-refractivity contribution in [3.8, 4) is 5.75 Å². The van der Waals surface area contributed by atoms with Crippen molar-refractivity contribution >= 4 is 17.3 Å². The molecule has 0 fully saturated rings. The van der Waals surface area contributed by atoms with Crippen LogP contribution in [0.4, 0.5) is 17.3 Å². The zero-order chi connectivity index (χ0) is 11.5. The fourth-order valence-corrected chi connectivity index (χ4v) is 1.30. The smallest absolute Gasteiger partial charge is 0.204 e. The second kappa shape index (κ2) is 4.05. The first-order valence-electron chi connectivity index (χ1n) is 4.61. The Morgan fingerprint density at radius 3 is 2.88 bits per heavy atom. The van der Waals surface area contributed by atoms with Gasteiger partial charge in [-0.05, 0) is 0 Å². The molecule has 0 aromatic carbocycles. The standard InChI is InChI=1S/C9H12N6O/c1-15-4-6(3-13-15)14-9-7(16-2)8(10)11-5-12-9/h3-5H,1-2H3,(H3,10,11,12,14). The maximum Gasteiger partial charge on any atom is 0.204 e. The molecule has 0 atom stereocenters. The van der Waals surface area contributed by atoms with Crippen molar-refractivity contribution in [1.29, 1.82) is 0 Å². The van der Waals surface area contributed by atoms with E-state index in [0.717, 1.165) is 5.69 Å². The van der Waals surface area contributed by atoms with Crippen LogP contribution >= 0.6 is 0 Å². The number of anilines is 3. The molecule has 0 spiro atoms. The van der Waals surface area contributed by atoms with Crippen LogP contribution in [-0.2, 0) is 7.05 Å². The van der Waals surface area contributed by atoms with Crippen LogP contribution in [-0.4, -0.2) is 26.9 Å². The van der Waals surface area contributed by atoms with E-state index in [2.05, 4.69) is 20.4 Å². The van der Waals surface area contributed by atoms with E-state index < -0.39 is 0 Å². The molecule has 2 aromatic rings. The second-order valence-corrected chi connectivity index (χ2v) is 3.17. The van der Waals surface area contributed by atoms with Crippen molar-refractivity contribution in [3.63, 3.8) is 0 Å². The van der Waals surface area contributed by atoms with Gasteiger partial charge in [-0.1, -0.05) is 0 Å². The minimum absolute atomic E-state index is 0.295. The number of rotatable bonds is 3.